The molecule has 0 radical (unpaired) electrons. The molecule has 38 heavy (non-hydrogen) atoms. The average molecular weight is 552 g/mol. The first kappa shape index (κ1) is 26.5. The van der Waals surface area contributed by atoms with E-state index in [2.05, 4.69) is 26.2 Å². The Morgan fingerprint density at radius 1 is 1.37 bits per heavy atom. The summed E-state index contributed by atoms with van der Waals surface area (Å²) in [5, 5.41) is 26.5. The van der Waals surface area contributed by atoms with Crippen molar-refractivity contribution in [1.82, 2.24) is 40.6 Å². The van der Waals surface area contributed by atoms with Crippen LogP contribution < -0.4 is 16.4 Å². The summed E-state index contributed by atoms with van der Waals surface area (Å²) >= 11 is 1.36. The Balaban J connectivity index is 1.23. The molecular formula is C22H30FN9O5S. The van der Waals surface area contributed by atoms with E-state index < -0.39 is 42.2 Å². The smallest absolute Gasteiger partial charge is 0.353 e. The lowest BCUT2D eigenvalue weighted by molar-refractivity contribution is -0.158. The van der Waals surface area contributed by atoms with E-state index >= 15 is 0 Å². The number of aliphatic carboxylic acids is 1. The van der Waals surface area contributed by atoms with Crippen molar-refractivity contribution in [1.29, 1.82) is 0 Å². The van der Waals surface area contributed by atoms with Crippen molar-refractivity contribution in [3.05, 3.63) is 16.9 Å². The number of likely N-dealkylation sites (tertiary alicyclic amines) is 1. The highest BCUT2D eigenvalue weighted by molar-refractivity contribution is 8.03. The van der Waals surface area contributed by atoms with Crippen LogP contribution in [0.15, 0.2) is 16.9 Å². The molecule has 1 aromatic heterocycles. The maximum atomic E-state index is 13.8. The number of rotatable bonds is 8. The van der Waals surface area contributed by atoms with E-state index in [1.165, 1.54) is 32.6 Å². The SMILES string of the molecule is C[C@@H](NC(=O)Cn1cnnn1)[C@H]1C(=O)N2C(C(=O)O)=C(S[C@@H]3CNC(C(=O)N4C[C@H](N)[C@@H](F)C4)C3)[C@H](C)[C@H]12. The predicted octanol–water partition coefficient (Wildman–Crippen LogP) is -2.08. The van der Waals surface area contributed by atoms with Crippen molar-refractivity contribution in [2.45, 2.75) is 62.4 Å². The van der Waals surface area contributed by atoms with Crippen molar-refractivity contribution in [3.8, 4) is 0 Å². The lowest BCUT2D eigenvalue weighted by Gasteiger charge is -2.47. The zero-order valence-corrected chi connectivity index (χ0v) is 21.7. The average Bonchev–Trinajstić information content (AvgIpc) is 3.63. The summed E-state index contributed by atoms with van der Waals surface area (Å²) in [5.74, 6) is -2.98. The third-order valence-corrected chi connectivity index (χ3v) is 9.21. The fraction of sp³-hybridized carbons (Fsp3) is 0.682. The minimum absolute atomic E-state index is 0.0219. The van der Waals surface area contributed by atoms with Crippen LogP contribution in [0.5, 0.6) is 0 Å². The van der Waals surface area contributed by atoms with Crippen LogP contribution in [0.4, 0.5) is 4.39 Å². The van der Waals surface area contributed by atoms with Crippen molar-refractivity contribution in [2.75, 3.05) is 19.6 Å². The number of carbonyl (C=O) groups excluding carboxylic acids is 3. The van der Waals surface area contributed by atoms with Gasteiger partial charge in [-0.3, -0.25) is 14.4 Å². The number of amides is 3. The first-order chi connectivity index (χ1) is 18.1. The normalized spacial score (nSPS) is 33.4. The summed E-state index contributed by atoms with van der Waals surface area (Å²) in [6.07, 6.45) is 0.510. The Morgan fingerprint density at radius 3 is 2.76 bits per heavy atom. The zero-order valence-electron chi connectivity index (χ0n) is 20.9. The van der Waals surface area contributed by atoms with Gasteiger partial charge < -0.3 is 31.3 Å². The van der Waals surface area contributed by atoms with Crippen LogP contribution in [0, 0.1) is 11.8 Å². The molecule has 0 aliphatic carbocycles. The second-order valence-corrected chi connectivity index (χ2v) is 11.6. The summed E-state index contributed by atoms with van der Waals surface area (Å²) in [4.78, 5) is 53.9. The van der Waals surface area contributed by atoms with E-state index in [1.54, 1.807) is 6.92 Å². The summed E-state index contributed by atoms with van der Waals surface area (Å²) in [5.41, 5.74) is 5.67. The van der Waals surface area contributed by atoms with Crippen LogP contribution in [0.1, 0.15) is 20.3 Å². The molecule has 16 heteroatoms. The number of thioether (sulfide) groups is 1. The van der Waals surface area contributed by atoms with Gasteiger partial charge >= 0.3 is 5.97 Å². The van der Waals surface area contributed by atoms with Crippen LogP contribution in [0.3, 0.4) is 0 Å². The number of nitrogens with one attached hydrogen (secondary N) is 2. The topological polar surface area (TPSA) is 189 Å². The van der Waals surface area contributed by atoms with Gasteiger partial charge in [-0.25, -0.2) is 13.9 Å². The Morgan fingerprint density at radius 2 is 2.13 bits per heavy atom. The Kier molecular flexibility index (Phi) is 7.13. The van der Waals surface area contributed by atoms with E-state index in [-0.39, 0.29) is 54.2 Å². The minimum Gasteiger partial charge on any atom is -0.477 e. The standard InChI is InChI=1S/C22H30FN9O5S/c1-9-17-16(10(2)27-15(33)7-31-8-26-28-29-31)21(35)32(17)18(22(36)37)19(9)38-11-3-14(25-4-11)20(34)30-5-12(23)13(24)6-30/h8-14,16-17,25H,3-7,24H2,1-2H3,(H,27,33)(H,36,37)/t9-,10-,11+,12+,13+,14?,16-,17-/m1/s1. The van der Waals surface area contributed by atoms with Gasteiger partial charge in [0.05, 0.1) is 30.6 Å². The second-order valence-electron chi connectivity index (χ2n) is 10.3. The van der Waals surface area contributed by atoms with Gasteiger partial charge in [0.2, 0.25) is 17.7 Å². The number of fused-ring (bicyclic) bond motifs is 1. The second kappa shape index (κ2) is 10.2. The molecule has 0 saturated carbocycles. The molecule has 3 amide bonds. The number of carbonyl (C=O) groups is 4. The summed E-state index contributed by atoms with van der Waals surface area (Å²) in [7, 11) is 0. The van der Waals surface area contributed by atoms with E-state index in [0.717, 1.165) is 0 Å². The Labute approximate surface area is 221 Å². The summed E-state index contributed by atoms with van der Waals surface area (Å²) in [6.45, 7) is 4.11. The molecule has 3 saturated heterocycles. The van der Waals surface area contributed by atoms with Crippen LogP contribution in [-0.2, 0) is 25.7 Å². The molecule has 5 N–H and O–H groups in total. The van der Waals surface area contributed by atoms with E-state index in [1.807, 2.05) is 6.92 Å². The van der Waals surface area contributed by atoms with Crippen molar-refractivity contribution in [3.63, 3.8) is 0 Å². The fourth-order valence-corrected chi connectivity index (χ4v) is 7.31. The molecule has 1 aromatic rings. The molecule has 3 fully saturated rings. The summed E-state index contributed by atoms with van der Waals surface area (Å²) < 4.78 is 15.1. The Hall–Kier alpha value is -3.11. The van der Waals surface area contributed by atoms with Gasteiger partial charge in [0.25, 0.3) is 0 Å². The number of aromatic nitrogens is 4. The quantitative estimate of drug-likeness (QED) is 0.260. The molecule has 14 nitrogen and oxygen atoms in total. The molecule has 0 aromatic carbocycles. The fourth-order valence-electron chi connectivity index (χ4n) is 5.84. The van der Waals surface area contributed by atoms with Gasteiger partial charge in [-0.15, -0.1) is 16.9 Å². The van der Waals surface area contributed by atoms with Crippen LogP contribution >= 0.6 is 11.8 Å². The lowest BCUT2D eigenvalue weighted by Crippen LogP contribution is -2.66. The van der Waals surface area contributed by atoms with Gasteiger partial charge in [0, 0.05) is 35.2 Å². The monoisotopic (exact) mass is 551 g/mol. The van der Waals surface area contributed by atoms with Crippen molar-refractivity contribution in [2.24, 2.45) is 17.6 Å². The molecule has 4 aliphatic heterocycles. The molecule has 5 rings (SSSR count). The van der Waals surface area contributed by atoms with E-state index in [4.69, 9.17) is 5.73 Å². The van der Waals surface area contributed by atoms with Gasteiger partial charge in [-0.2, -0.15) is 0 Å². The molecule has 1 unspecified atom stereocenters. The molecule has 4 aliphatic rings. The van der Waals surface area contributed by atoms with E-state index in [9.17, 15) is 28.7 Å². The number of halogens is 1. The number of nitrogens with zero attached hydrogens (tertiary/aromatic N) is 6. The minimum atomic E-state index is -1.24. The van der Waals surface area contributed by atoms with E-state index in [0.29, 0.717) is 17.9 Å². The van der Waals surface area contributed by atoms with Crippen molar-refractivity contribution < 1.29 is 28.7 Å². The Bertz CT molecular complexity index is 1160. The van der Waals surface area contributed by atoms with Gasteiger partial charge in [0.15, 0.2) is 0 Å². The highest BCUT2D eigenvalue weighted by Gasteiger charge is 2.60. The first-order valence-electron chi connectivity index (χ1n) is 12.5. The predicted molar refractivity (Wildman–Crippen MR) is 131 cm³/mol. The number of carboxylic acids is 1. The lowest BCUT2D eigenvalue weighted by atomic mass is 9.78. The molecule has 206 valence electrons. The number of hydrogen-bond acceptors (Lipinski definition) is 10. The summed E-state index contributed by atoms with van der Waals surface area (Å²) in [6, 6.07) is -2.12. The maximum absolute atomic E-state index is 13.8. The largest absolute Gasteiger partial charge is 0.477 e. The highest BCUT2D eigenvalue weighted by Crippen LogP contribution is 2.51. The zero-order chi connectivity index (χ0) is 27.3. The number of hydrogen-bond donors (Lipinski definition) is 4. The number of carboxylic acid groups (broad SMARTS) is 1. The molecular weight excluding hydrogens is 521 g/mol. The number of nitrogens with two attached hydrogens (primary N) is 1. The molecule has 5 heterocycles. The number of β-lactam (4-membered cyclic amide) rings is 1. The maximum Gasteiger partial charge on any atom is 0.353 e. The molecule has 0 spiro atoms. The van der Waals surface area contributed by atoms with Crippen LogP contribution in [-0.4, -0.2) is 114 Å². The molecule has 0 bridgehead atoms. The number of tetrazole rings is 1. The first-order valence-corrected chi connectivity index (χ1v) is 13.3. The van der Waals surface area contributed by atoms with Crippen LogP contribution in [0.25, 0.3) is 0 Å². The third-order valence-electron chi connectivity index (χ3n) is 7.70. The van der Waals surface area contributed by atoms with Crippen LogP contribution in [0.2, 0.25) is 0 Å². The third kappa shape index (κ3) is 4.64. The molecule has 8 atom stereocenters. The number of alkyl halides is 1. The highest BCUT2D eigenvalue weighted by atomic mass is 32.2. The van der Waals surface area contributed by atoms with Crippen molar-refractivity contribution >= 4 is 35.5 Å². The van der Waals surface area contributed by atoms with Gasteiger partial charge in [-0.05, 0) is 23.8 Å². The van der Waals surface area contributed by atoms with Gasteiger partial charge in [-0.1, -0.05) is 6.92 Å². The van der Waals surface area contributed by atoms with Gasteiger partial charge in [0.1, 0.15) is 24.7 Å².